The van der Waals surface area contributed by atoms with Crippen LogP contribution in [0.3, 0.4) is 0 Å². The van der Waals surface area contributed by atoms with E-state index in [1.54, 1.807) is 0 Å². The maximum atomic E-state index is 12.1. The van der Waals surface area contributed by atoms with Gasteiger partial charge >= 0.3 is 29.5 Å². The third kappa shape index (κ3) is 3.42. The first-order chi connectivity index (χ1) is 10.7. The number of esters is 3. The van der Waals surface area contributed by atoms with E-state index in [2.05, 4.69) is 9.47 Å². The number of cyclic esters (lactones) is 1. The Balaban J connectivity index is 0.00000312. The molecule has 0 radical (unpaired) electrons. The second-order valence-corrected chi connectivity index (χ2v) is 6.86. The maximum Gasteiger partial charge on any atom is 0.370 e. The number of aliphatic carboxylic acids is 1. The van der Waals surface area contributed by atoms with Gasteiger partial charge in [-0.05, 0) is 0 Å². The van der Waals surface area contributed by atoms with Gasteiger partial charge in [0.05, 0.1) is 34.0 Å². The molecule has 2 saturated heterocycles. The van der Waals surface area contributed by atoms with E-state index in [1.807, 2.05) is 0 Å². The summed E-state index contributed by atoms with van der Waals surface area (Å²) in [6, 6.07) is 0. The Kier molecular flexibility index (Phi) is 4.91. The van der Waals surface area contributed by atoms with Crippen molar-refractivity contribution in [1.29, 1.82) is 0 Å². The van der Waals surface area contributed by atoms with Gasteiger partial charge < -0.3 is 44.3 Å². The molecule has 3 unspecified atom stereocenters. The Morgan fingerprint density at radius 2 is 1.56 bits per heavy atom. The van der Waals surface area contributed by atoms with Gasteiger partial charge in [-0.1, -0.05) is 0 Å². The van der Waals surface area contributed by atoms with Crippen LogP contribution in [-0.2, 0) is 33.4 Å². The topological polar surface area (TPSA) is 191 Å². The summed E-state index contributed by atoms with van der Waals surface area (Å²) in [5.41, 5.74) is -2.66. The summed E-state index contributed by atoms with van der Waals surface area (Å²) in [6.07, 6.45) is -2.07. The Morgan fingerprint density at radius 3 is 2.00 bits per heavy atom. The molecule has 4 N–H and O–H groups in total. The van der Waals surface area contributed by atoms with Gasteiger partial charge in [-0.15, -0.1) is 0 Å². The van der Waals surface area contributed by atoms with Crippen LogP contribution < -0.4 is 5.11 Å². The molecule has 2 bridgehead atoms. The summed E-state index contributed by atoms with van der Waals surface area (Å²) in [4.78, 5) is 47.6. The standard InChI is InChI=1S/C13H17NO10.H2O/c1-14(2,3)6-12(21)13(9(17)18)23-8(16)5-11(20,10(19)24-13)4-7(15)22-12;/h20-21H,4-6H2,1-3H3;1H2. The number of likely N-dealkylation sites (N-methyl/N-ethyl adjacent to an activating group) is 1. The van der Waals surface area contributed by atoms with E-state index in [-0.39, 0.29) is 9.96 Å². The first kappa shape index (κ1) is 20.8. The second kappa shape index (κ2) is 5.91. The fraction of sp³-hybridized carbons (Fsp3) is 0.692. The molecule has 0 saturated carbocycles. The molecule has 0 aromatic carbocycles. The van der Waals surface area contributed by atoms with Crippen molar-refractivity contribution in [3.63, 3.8) is 0 Å². The van der Waals surface area contributed by atoms with Gasteiger partial charge in [-0.25, -0.2) is 4.79 Å². The van der Waals surface area contributed by atoms with Crippen molar-refractivity contribution in [2.45, 2.75) is 30.0 Å². The van der Waals surface area contributed by atoms with Crippen LogP contribution in [-0.4, -0.2) is 88.9 Å². The predicted molar refractivity (Wildman–Crippen MR) is 71.7 cm³/mol. The molecule has 2 aliphatic heterocycles. The van der Waals surface area contributed by atoms with Crippen molar-refractivity contribution in [2.75, 3.05) is 27.7 Å². The first-order valence-corrected chi connectivity index (χ1v) is 6.87. The number of hydrogen-bond acceptors (Lipinski definition) is 10. The average Bonchev–Trinajstić information content (AvgIpc) is 2.40. The molecule has 0 aromatic heterocycles. The van der Waals surface area contributed by atoms with Crippen LogP contribution in [0, 0.1) is 0 Å². The molecular formula is C13H19NO11. The Morgan fingerprint density at radius 1 is 1.08 bits per heavy atom. The average molecular weight is 365 g/mol. The minimum Gasteiger partial charge on any atom is -0.542 e. The van der Waals surface area contributed by atoms with E-state index < -0.39 is 60.4 Å². The monoisotopic (exact) mass is 365 g/mol. The van der Waals surface area contributed by atoms with E-state index in [9.17, 15) is 34.5 Å². The van der Waals surface area contributed by atoms with Gasteiger partial charge in [0.25, 0.3) is 0 Å². The number of fused-ring (bicyclic) bond motifs is 3. The molecule has 0 amide bonds. The lowest BCUT2D eigenvalue weighted by molar-refractivity contribution is -0.882. The van der Waals surface area contributed by atoms with Gasteiger partial charge in [0.15, 0.2) is 12.1 Å². The van der Waals surface area contributed by atoms with Crippen LogP contribution in [0.15, 0.2) is 0 Å². The molecule has 3 atom stereocenters. The number of quaternary nitrogens is 1. The van der Waals surface area contributed by atoms with Crippen molar-refractivity contribution in [3.8, 4) is 0 Å². The molecule has 12 heteroatoms. The normalized spacial score (nSPS) is 35.3. The number of ether oxygens (including phenoxy) is 3. The first-order valence-electron chi connectivity index (χ1n) is 6.87. The van der Waals surface area contributed by atoms with Crippen molar-refractivity contribution >= 4 is 23.9 Å². The Hall–Kier alpha value is -2.28. The zero-order valence-corrected chi connectivity index (χ0v) is 13.7. The van der Waals surface area contributed by atoms with E-state index >= 15 is 0 Å². The van der Waals surface area contributed by atoms with E-state index in [4.69, 9.17) is 4.74 Å². The van der Waals surface area contributed by atoms with Crippen molar-refractivity contribution in [1.82, 2.24) is 0 Å². The quantitative estimate of drug-likeness (QED) is 0.362. The highest BCUT2D eigenvalue weighted by Crippen LogP contribution is 2.40. The summed E-state index contributed by atoms with van der Waals surface area (Å²) < 4.78 is 13.8. The van der Waals surface area contributed by atoms with Crippen LogP contribution in [0.1, 0.15) is 12.8 Å². The summed E-state index contributed by atoms with van der Waals surface area (Å²) in [7, 11) is 4.51. The lowest BCUT2D eigenvalue weighted by Crippen LogP contribution is -2.74. The van der Waals surface area contributed by atoms with Gasteiger partial charge in [-0.3, -0.25) is 9.59 Å². The SMILES string of the molecule is C[N+](C)(C)CC1(O)OC(=O)CC2(O)CC(=O)OC1(C(=O)[O-])OC2=O.O. The number of aliphatic hydroxyl groups is 2. The predicted octanol–water partition coefficient (Wildman–Crippen LogP) is -4.83. The summed E-state index contributed by atoms with van der Waals surface area (Å²) in [5, 5.41) is 32.5. The molecule has 0 spiro atoms. The lowest BCUT2D eigenvalue weighted by Gasteiger charge is -2.45. The van der Waals surface area contributed by atoms with Crippen LogP contribution in [0.4, 0.5) is 0 Å². The molecule has 0 aromatic rings. The number of nitrogens with zero attached hydrogens (tertiary/aromatic N) is 1. The molecule has 12 nitrogen and oxygen atoms in total. The highest BCUT2D eigenvalue weighted by atomic mass is 16.8. The summed E-state index contributed by atoms with van der Waals surface area (Å²) >= 11 is 0. The smallest absolute Gasteiger partial charge is 0.370 e. The molecular weight excluding hydrogens is 346 g/mol. The van der Waals surface area contributed by atoms with E-state index in [0.29, 0.717) is 0 Å². The fourth-order valence-corrected chi connectivity index (χ4v) is 2.60. The number of rotatable bonds is 3. The largest absolute Gasteiger partial charge is 0.542 e. The highest BCUT2D eigenvalue weighted by molar-refractivity contribution is 5.95. The zero-order chi connectivity index (χ0) is 18.6. The molecule has 0 aliphatic carbocycles. The molecule has 2 fully saturated rings. The van der Waals surface area contributed by atoms with Gasteiger partial charge in [0.1, 0.15) is 5.97 Å². The van der Waals surface area contributed by atoms with Gasteiger partial charge in [-0.2, -0.15) is 0 Å². The van der Waals surface area contributed by atoms with E-state index in [1.165, 1.54) is 21.1 Å². The summed E-state index contributed by atoms with van der Waals surface area (Å²) in [6.45, 7) is -0.633. The van der Waals surface area contributed by atoms with Crippen molar-refractivity contribution < 1.29 is 58.7 Å². The molecule has 2 rings (SSSR count). The fourth-order valence-electron chi connectivity index (χ4n) is 2.60. The lowest BCUT2D eigenvalue weighted by atomic mass is 9.95. The number of carboxylic acids is 1. The van der Waals surface area contributed by atoms with Crippen LogP contribution >= 0.6 is 0 Å². The van der Waals surface area contributed by atoms with Crippen LogP contribution in [0.25, 0.3) is 0 Å². The Bertz CT molecular complexity index is 626. The van der Waals surface area contributed by atoms with Crippen LogP contribution in [0.5, 0.6) is 0 Å². The highest BCUT2D eigenvalue weighted by Gasteiger charge is 2.70. The number of hydrogen-bond donors (Lipinski definition) is 2. The number of carbonyl (C=O) groups excluding carboxylic acids is 4. The molecule has 2 aliphatic rings. The van der Waals surface area contributed by atoms with Gasteiger partial charge in [0, 0.05) is 0 Å². The van der Waals surface area contributed by atoms with Crippen LogP contribution in [0.2, 0.25) is 0 Å². The van der Waals surface area contributed by atoms with Crippen molar-refractivity contribution in [2.24, 2.45) is 0 Å². The third-order valence-corrected chi connectivity index (χ3v) is 3.50. The van der Waals surface area contributed by atoms with E-state index in [0.717, 1.165) is 0 Å². The number of carbonyl (C=O) groups is 4. The molecule has 2 heterocycles. The Labute approximate surface area is 141 Å². The summed E-state index contributed by atoms with van der Waals surface area (Å²) in [5.74, 6) is -13.2. The molecule has 142 valence electrons. The maximum absolute atomic E-state index is 12.1. The third-order valence-electron chi connectivity index (χ3n) is 3.50. The van der Waals surface area contributed by atoms with Crippen molar-refractivity contribution in [3.05, 3.63) is 0 Å². The van der Waals surface area contributed by atoms with Gasteiger partial charge in [0.2, 0.25) is 0 Å². The zero-order valence-electron chi connectivity index (χ0n) is 13.7. The molecule has 25 heavy (non-hydrogen) atoms. The minimum atomic E-state index is -3.45. The minimum absolute atomic E-state index is 0. The second-order valence-electron chi connectivity index (χ2n) is 6.86. The number of carboxylic acid groups (broad SMARTS) is 1.